The third-order valence-electron chi connectivity index (χ3n) is 4.78. The van der Waals surface area contributed by atoms with Crippen LogP contribution in [0.15, 0.2) is 12.4 Å². The van der Waals surface area contributed by atoms with Crippen LogP contribution in [-0.4, -0.2) is 20.3 Å². The summed E-state index contributed by atoms with van der Waals surface area (Å²) in [4.78, 5) is 4.41. The fourth-order valence-corrected chi connectivity index (χ4v) is 3.61. The van der Waals surface area contributed by atoms with Crippen LogP contribution >= 0.6 is 0 Å². The van der Waals surface area contributed by atoms with Crippen molar-refractivity contribution in [2.75, 3.05) is 0 Å². The number of imidazole rings is 1. The molecule has 0 bridgehead atoms. The minimum absolute atomic E-state index is 0.496. The first kappa shape index (κ1) is 12.2. The normalized spacial score (nSPS) is 32.7. The summed E-state index contributed by atoms with van der Waals surface area (Å²) in [6, 6.07) is 0. The molecular formula is C15H24N2O. The van der Waals surface area contributed by atoms with E-state index in [2.05, 4.69) is 16.5 Å². The molecule has 0 aliphatic heterocycles. The number of rotatable bonds is 4. The average Bonchev–Trinajstić information content (AvgIpc) is 3.11. The highest BCUT2D eigenvalue weighted by molar-refractivity contribution is 5.02. The molecule has 0 amide bonds. The van der Waals surface area contributed by atoms with Gasteiger partial charge < -0.3 is 9.67 Å². The van der Waals surface area contributed by atoms with Crippen molar-refractivity contribution in [3.05, 3.63) is 18.2 Å². The third kappa shape index (κ3) is 2.46. The molecule has 0 spiro atoms. The smallest absolute Gasteiger partial charge is 0.111 e. The maximum Gasteiger partial charge on any atom is 0.111 e. The van der Waals surface area contributed by atoms with Gasteiger partial charge in [-0.1, -0.05) is 6.42 Å². The maximum absolute atomic E-state index is 10.9. The maximum atomic E-state index is 10.9. The first-order valence-corrected chi connectivity index (χ1v) is 7.42. The number of hydrogen-bond donors (Lipinski definition) is 1. The highest BCUT2D eigenvalue weighted by Gasteiger charge is 2.41. The van der Waals surface area contributed by atoms with Crippen LogP contribution < -0.4 is 0 Å². The van der Waals surface area contributed by atoms with Gasteiger partial charge in [0.25, 0.3) is 0 Å². The van der Waals surface area contributed by atoms with E-state index in [-0.39, 0.29) is 0 Å². The van der Waals surface area contributed by atoms with E-state index in [9.17, 15) is 5.11 Å². The first-order chi connectivity index (χ1) is 8.70. The van der Waals surface area contributed by atoms with Gasteiger partial charge in [0.05, 0.1) is 5.60 Å². The van der Waals surface area contributed by atoms with E-state index in [1.807, 2.05) is 12.4 Å². The number of aryl methyl sites for hydroxylation is 1. The summed E-state index contributed by atoms with van der Waals surface area (Å²) in [5.41, 5.74) is -0.496. The van der Waals surface area contributed by atoms with Gasteiger partial charge in [-0.15, -0.1) is 0 Å². The Balaban J connectivity index is 1.69. The first-order valence-electron chi connectivity index (χ1n) is 7.42. The minimum atomic E-state index is -0.496. The second kappa shape index (κ2) is 4.69. The zero-order valence-corrected chi connectivity index (χ0v) is 11.3. The van der Waals surface area contributed by atoms with Crippen molar-refractivity contribution >= 4 is 0 Å². The standard InChI is InChI=1S/C15H24N2O/c1-2-17-9-8-16-14(17)11-15(18)7-3-4-13(10-15)12-5-6-12/h8-9,12-13,18H,2-7,10-11H2,1H3. The third-order valence-corrected chi connectivity index (χ3v) is 4.78. The number of nitrogens with zero attached hydrogens (tertiary/aromatic N) is 2. The molecule has 2 saturated carbocycles. The fourth-order valence-electron chi connectivity index (χ4n) is 3.61. The van der Waals surface area contributed by atoms with Crippen molar-refractivity contribution in [2.45, 2.75) is 64.0 Å². The molecule has 18 heavy (non-hydrogen) atoms. The molecule has 1 aromatic rings. The molecule has 2 unspecified atom stereocenters. The molecule has 1 N–H and O–H groups in total. The predicted molar refractivity (Wildman–Crippen MR) is 71.2 cm³/mol. The molecule has 0 radical (unpaired) electrons. The zero-order valence-electron chi connectivity index (χ0n) is 11.3. The van der Waals surface area contributed by atoms with Gasteiger partial charge in [-0.05, 0) is 50.9 Å². The van der Waals surface area contributed by atoms with Crippen LogP contribution in [0.4, 0.5) is 0 Å². The van der Waals surface area contributed by atoms with Gasteiger partial charge in [0, 0.05) is 25.4 Å². The van der Waals surface area contributed by atoms with Crippen LogP contribution in [0, 0.1) is 11.8 Å². The SMILES string of the molecule is CCn1ccnc1CC1(O)CCCC(C2CC2)C1. The average molecular weight is 248 g/mol. The molecule has 100 valence electrons. The van der Waals surface area contributed by atoms with Crippen LogP contribution in [0.3, 0.4) is 0 Å². The molecule has 2 fully saturated rings. The molecule has 1 aromatic heterocycles. The quantitative estimate of drug-likeness (QED) is 0.889. The van der Waals surface area contributed by atoms with E-state index in [4.69, 9.17) is 0 Å². The molecule has 3 rings (SSSR count). The van der Waals surface area contributed by atoms with Crippen molar-refractivity contribution in [2.24, 2.45) is 11.8 Å². The van der Waals surface area contributed by atoms with E-state index in [0.717, 1.165) is 43.5 Å². The Morgan fingerprint density at radius 1 is 1.39 bits per heavy atom. The monoisotopic (exact) mass is 248 g/mol. The predicted octanol–water partition coefficient (Wildman–Crippen LogP) is 2.78. The lowest BCUT2D eigenvalue weighted by molar-refractivity contribution is -0.0216. The van der Waals surface area contributed by atoms with Gasteiger partial charge >= 0.3 is 0 Å². The van der Waals surface area contributed by atoms with Crippen LogP contribution in [0.5, 0.6) is 0 Å². The fraction of sp³-hybridized carbons (Fsp3) is 0.800. The lowest BCUT2D eigenvalue weighted by atomic mass is 9.74. The van der Waals surface area contributed by atoms with Gasteiger partial charge in [-0.25, -0.2) is 4.98 Å². The Kier molecular flexibility index (Phi) is 3.18. The van der Waals surface area contributed by atoms with Crippen LogP contribution in [0.2, 0.25) is 0 Å². The molecule has 2 atom stereocenters. The second-order valence-electron chi connectivity index (χ2n) is 6.22. The summed E-state index contributed by atoms with van der Waals surface area (Å²) in [6.07, 6.45) is 11.8. The number of aromatic nitrogens is 2. The van der Waals surface area contributed by atoms with Gasteiger partial charge in [0.15, 0.2) is 0 Å². The lowest BCUT2D eigenvalue weighted by Crippen LogP contribution is -2.38. The second-order valence-corrected chi connectivity index (χ2v) is 6.22. The Labute approximate surface area is 109 Å². The van der Waals surface area contributed by atoms with Crippen LogP contribution in [0.25, 0.3) is 0 Å². The van der Waals surface area contributed by atoms with E-state index < -0.39 is 5.60 Å². The molecule has 3 heteroatoms. The molecule has 0 aromatic carbocycles. The minimum Gasteiger partial charge on any atom is -0.389 e. The number of hydrogen-bond acceptors (Lipinski definition) is 2. The molecular weight excluding hydrogens is 224 g/mol. The zero-order chi connectivity index (χ0) is 12.6. The molecule has 1 heterocycles. The van der Waals surface area contributed by atoms with E-state index >= 15 is 0 Å². The van der Waals surface area contributed by atoms with Gasteiger partial charge in [-0.2, -0.15) is 0 Å². The van der Waals surface area contributed by atoms with E-state index in [0.29, 0.717) is 0 Å². The summed E-state index contributed by atoms with van der Waals surface area (Å²) in [5.74, 6) is 2.74. The summed E-state index contributed by atoms with van der Waals surface area (Å²) >= 11 is 0. The van der Waals surface area contributed by atoms with Crippen LogP contribution in [0.1, 0.15) is 51.3 Å². The summed E-state index contributed by atoms with van der Waals surface area (Å²) in [6.45, 7) is 3.07. The van der Waals surface area contributed by atoms with Gasteiger partial charge in [0.1, 0.15) is 5.82 Å². The summed E-state index contributed by atoms with van der Waals surface area (Å²) in [5, 5.41) is 10.9. The van der Waals surface area contributed by atoms with Crippen molar-refractivity contribution in [1.82, 2.24) is 9.55 Å². The highest BCUT2D eigenvalue weighted by atomic mass is 16.3. The number of aliphatic hydroxyl groups is 1. The van der Waals surface area contributed by atoms with E-state index in [1.54, 1.807) is 0 Å². The topological polar surface area (TPSA) is 38.0 Å². The molecule has 3 nitrogen and oxygen atoms in total. The van der Waals surface area contributed by atoms with Crippen molar-refractivity contribution in [1.29, 1.82) is 0 Å². The molecule has 2 aliphatic carbocycles. The molecule has 2 aliphatic rings. The Bertz CT molecular complexity index is 410. The van der Waals surface area contributed by atoms with Crippen molar-refractivity contribution in [3.63, 3.8) is 0 Å². The van der Waals surface area contributed by atoms with Crippen molar-refractivity contribution < 1.29 is 5.11 Å². The van der Waals surface area contributed by atoms with E-state index in [1.165, 1.54) is 25.7 Å². The van der Waals surface area contributed by atoms with Gasteiger partial charge in [-0.3, -0.25) is 0 Å². The van der Waals surface area contributed by atoms with Gasteiger partial charge in [0.2, 0.25) is 0 Å². The Hall–Kier alpha value is -0.830. The largest absolute Gasteiger partial charge is 0.389 e. The summed E-state index contributed by atoms with van der Waals surface area (Å²) in [7, 11) is 0. The van der Waals surface area contributed by atoms with Crippen molar-refractivity contribution in [3.8, 4) is 0 Å². The molecule has 0 saturated heterocycles. The lowest BCUT2D eigenvalue weighted by Gasteiger charge is -2.37. The Morgan fingerprint density at radius 2 is 2.22 bits per heavy atom. The Morgan fingerprint density at radius 3 is 2.94 bits per heavy atom. The van der Waals surface area contributed by atoms with Crippen LogP contribution in [-0.2, 0) is 13.0 Å². The highest BCUT2D eigenvalue weighted by Crippen LogP contribution is 2.47. The summed E-state index contributed by atoms with van der Waals surface area (Å²) < 4.78 is 2.15.